The van der Waals surface area contributed by atoms with Crippen LogP contribution in [0.15, 0.2) is 58.6 Å². The van der Waals surface area contributed by atoms with E-state index >= 15 is 0 Å². The van der Waals surface area contributed by atoms with Gasteiger partial charge in [0, 0.05) is 35.2 Å². The fourth-order valence-corrected chi connectivity index (χ4v) is 10.1. The van der Waals surface area contributed by atoms with Crippen molar-refractivity contribution in [3.05, 3.63) is 58.6 Å². The van der Waals surface area contributed by atoms with E-state index in [1.54, 1.807) is 6.08 Å². The van der Waals surface area contributed by atoms with Crippen LogP contribution in [0.5, 0.6) is 0 Å². The van der Waals surface area contributed by atoms with Crippen LogP contribution in [0.3, 0.4) is 0 Å². The molecule has 37 heavy (non-hydrogen) atoms. The fraction of sp³-hybridized carbons (Fsp3) is 0.676. The minimum absolute atomic E-state index is 0.0838. The maximum Gasteiger partial charge on any atom is 0.220 e. The van der Waals surface area contributed by atoms with E-state index < -0.39 is 0 Å². The molecule has 0 amide bonds. The monoisotopic (exact) mass is 501 g/mol. The van der Waals surface area contributed by atoms with E-state index in [-0.39, 0.29) is 33.2 Å². The summed E-state index contributed by atoms with van der Waals surface area (Å²) < 4.78 is 0. The molecule has 0 aromatic rings. The van der Waals surface area contributed by atoms with Crippen LogP contribution >= 0.6 is 0 Å². The first kappa shape index (κ1) is 25.3. The maximum absolute atomic E-state index is 12.7. The first-order chi connectivity index (χ1) is 17.3. The van der Waals surface area contributed by atoms with Crippen LogP contribution in [0.1, 0.15) is 99.3 Å². The lowest BCUT2D eigenvalue weighted by molar-refractivity contribution is -0.158. The molecule has 3 saturated carbocycles. The number of ketones is 1. The van der Waals surface area contributed by atoms with Crippen LogP contribution in [-0.2, 0) is 4.79 Å². The number of fused-ring (bicyclic) bond motifs is 7. The number of hydrogen-bond donors (Lipinski definition) is 1. The first-order valence-electron chi connectivity index (χ1n) is 14.8. The molecular formula is C34H47NO2. The van der Waals surface area contributed by atoms with Gasteiger partial charge in [-0.1, -0.05) is 58.9 Å². The van der Waals surface area contributed by atoms with Gasteiger partial charge in [-0.2, -0.15) is 0 Å². The van der Waals surface area contributed by atoms with E-state index in [0.717, 1.165) is 23.1 Å². The zero-order valence-electron chi connectivity index (χ0n) is 24.1. The van der Waals surface area contributed by atoms with E-state index in [0.29, 0.717) is 11.3 Å². The van der Waals surface area contributed by atoms with Crippen molar-refractivity contribution in [2.75, 3.05) is 13.1 Å². The van der Waals surface area contributed by atoms with Gasteiger partial charge in [-0.15, -0.1) is 0 Å². The highest BCUT2D eigenvalue weighted by molar-refractivity contribution is 6.06. The molecular weight excluding hydrogens is 454 g/mol. The molecule has 1 N–H and O–H groups in total. The molecule has 5 aliphatic carbocycles. The van der Waals surface area contributed by atoms with Gasteiger partial charge in [0.25, 0.3) is 0 Å². The molecule has 1 aliphatic heterocycles. The predicted octanol–water partition coefficient (Wildman–Crippen LogP) is 8.22. The molecule has 6 atom stereocenters. The zero-order valence-corrected chi connectivity index (χ0v) is 24.1. The number of rotatable bonds is 2. The lowest BCUT2D eigenvalue weighted by Crippen LogP contribution is -2.62. The molecule has 0 aromatic carbocycles. The average Bonchev–Trinajstić information content (AvgIpc) is 3.40. The van der Waals surface area contributed by atoms with Crippen molar-refractivity contribution in [1.82, 2.24) is 4.90 Å². The molecule has 0 spiro atoms. The highest BCUT2D eigenvalue weighted by Gasteiger charge is 2.67. The van der Waals surface area contributed by atoms with E-state index in [4.69, 9.17) is 6.58 Å². The highest BCUT2D eigenvalue weighted by Crippen LogP contribution is 2.75. The molecule has 0 aromatic heterocycles. The average molecular weight is 502 g/mol. The molecule has 0 radical (unpaired) electrons. The number of nitrogens with zero attached hydrogens (tertiary/aromatic N) is 1. The minimum Gasteiger partial charge on any atom is -0.504 e. The lowest BCUT2D eigenvalue weighted by atomic mass is 9.34. The van der Waals surface area contributed by atoms with Crippen LogP contribution < -0.4 is 0 Å². The quantitative estimate of drug-likeness (QED) is 0.414. The number of allylic oxidation sites excluding steroid dienone is 8. The van der Waals surface area contributed by atoms with Gasteiger partial charge in [0.2, 0.25) is 5.78 Å². The minimum atomic E-state index is -0.231. The Bertz CT molecular complexity index is 1210. The third-order valence-electron chi connectivity index (χ3n) is 13.1. The second-order valence-electron chi connectivity index (χ2n) is 14.8. The van der Waals surface area contributed by atoms with Gasteiger partial charge in [0.15, 0.2) is 5.76 Å². The van der Waals surface area contributed by atoms with Crippen LogP contribution in [-0.4, -0.2) is 28.9 Å². The smallest absolute Gasteiger partial charge is 0.220 e. The standard InChI is InChI=1S/C34H47NO2/c1-22-24-10-11-27-32(5,25(24)20-26(36)29(22)37)15-17-34(7)28-21-31(4,23(2)35-18-8-9-19-35)13-12-30(28,3)14-16-33(27,34)6/h10-11,20,28,37H,2,8-9,12-19,21H2,1,3-7H3/t28-,30-,31-,32+,33-,34+/m1/s1. The summed E-state index contributed by atoms with van der Waals surface area (Å²) in [6, 6.07) is 0. The van der Waals surface area contributed by atoms with Gasteiger partial charge in [-0.05, 0) is 104 Å². The van der Waals surface area contributed by atoms with E-state index in [2.05, 4.69) is 51.7 Å². The summed E-state index contributed by atoms with van der Waals surface area (Å²) in [5.41, 5.74) is 6.56. The van der Waals surface area contributed by atoms with Gasteiger partial charge < -0.3 is 10.0 Å². The molecule has 6 aliphatic rings. The molecule has 1 heterocycles. The molecule has 200 valence electrons. The van der Waals surface area contributed by atoms with Gasteiger partial charge in [-0.25, -0.2) is 0 Å². The summed E-state index contributed by atoms with van der Waals surface area (Å²) in [5, 5.41) is 10.4. The largest absolute Gasteiger partial charge is 0.504 e. The Kier molecular flexibility index (Phi) is 5.30. The number of hydrogen-bond acceptors (Lipinski definition) is 3. The number of likely N-dealkylation sites (tertiary alicyclic amines) is 1. The second kappa shape index (κ2) is 7.76. The summed E-state index contributed by atoms with van der Waals surface area (Å²) in [6.45, 7) is 21.7. The Morgan fingerprint density at radius 1 is 0.973 bits per heavy atom. The Morgan fingerprint density at radius 3 is 2.35 bits per heavy atom. The fourth-order valence-electron chi connectivity index (χ4n) is 10.1. The Morgan fingerprint density at radius 2 is 1.65 bits per heavy atom. The SMILES string of the molecule is C=C(N1CCCC1)[C@]1(C)CC[C@]2(C)CC[C@]3(C)C4=CC=C5C(=CC(=O)C(O)=C5C)[C@]4(C)CC[C@@]3(C)[C@@H]2C1. The van der Waals surface area contributed by atoms with Crippen molar-refractivity contribution in [2.24, 2.45) is 33.0 Å². The lowest BCUT2D eigenvalue weighted by Gasteiger charge is -2.70. The molecule has 6 rings (SSSR count). The van der Waals surface area contributed by atoms with Crippen molar-refractivity contribution in [3.8, 4) is 0 Å². The van der Waals surface area contributed by atoms with Gasteiger partial charge in [-0.3, -0.25) is 4.79 Å². The van der Waals surface area contributed by atoms with E-state index in [1.807, 2.05) is 6.92 Å². The number of carbonyl (C=O) groups excluding carboxylic acids is 1. The van der Waals surface area contributed by atoms with Crippen molar-refractivity contribution in [2.45, 2.75) is 99.3 Å². The van der Waals surface area contributed by atoms with E-state index in [9.17, 15) is 9.90 Å². The van der Waals surface area contributed by atoms with Crippen molar-refractivity contribution < 1.29 is 9.90 Å². The number of aliphatic hydroxyl groups excluding tert-OH is 1. The van der Waals surface area contributed by atoms with Crippen LogP contribution in [0, 0.1) is 33.0 Å². The van der Waals surface area contributed by atoms with Crippen molar-refractivity contribution in [1.29, 1.82) is 0 Å². The summed E-state index contributed by atoms with van der Waals surface area (Å²) in [6.07, 6.45) is 17.5. The topological polar surface area (TPSA) is 40.5 Å². The Labute approximate surface area is 224 Å². The third-order valence-corrected chi connectivity index (χ3v) is 13.1. The summed E-state index contributed by atoms with van der Waals surface area (Å²) in [7, 11) is 0. The summed E-state index contributed by atoms with van der Waals surface area (Å²) >= 11 is 0. The normalized spacial score (nSPS) is 45.2. The second-order valence-corrected chi connectivity index (χ2v) is 14.8. The van der Waals surface area contributed by atoms with Crippen LogP contribution in [0.4, 0.5) is 0 Å². The molecule has 3 heteroatoms. The van der Waals surface area contributed by atoms with Gasteiger partial charge >= 0.3 is 0 Å². The molecule has 3 nitrogen and oxygen atoms in total. The van der Waals surface area contributed by atoms with Crippen LogP contribution in [0.25, 0.3) is 0 Å². The molecule has 0 unspecified atom stereocenters. The number of aliphatic hydroxyl groups is 1. The molecule has 4 fully saturated rings. The van der Waals surface area contributed by atoms with E-state index in [1.165, 1.54) is 75.7 Å². The molecule has 1 saturated heterocycles. The maximum atomic E-state index is 12.7. The zero-order chi connectivity index (χ0) is 26.6. The Balaban J connectivity index is 1.42. The van der Waals surface area contributed by atoms with Crippen LogP contribution in [0.2, 0.25) is 0 Å². The Hall–Kier alpha value is -2.03. The highest BCUT2D eigenvalue weighted by atomic mass is 16.3. The van der Waals surface area contributed by atoms with Gasteiger partial charge in [0.1, 0.15) is 0 Å². The first-order valence-corrected chi connectivity index (χ1v) is 14.8. The summed E-state index contributed by atoms with van der Waals surface area (Å²) in [5.74, 6) is 0.334. The summed E-state index contributed by atoms with van der Waals surface area (Å²) in [4.78, 5) is 15.3. The number of carbonyl (C=O) groups is 1. The predicted molar refractivity (Wildman–Crippen MR) is 151 cm³/mol. The van der Waals surface area contributed by atoms with Gasteiger partial charge in [0.05, 0.1) is 0 Å². The van der Waals surface area contributed by atoms with Crippen molar-refractivity contribution in [3.63, 3.8) is 0 Å². The molecule has 0 bridgehead atoms. The van der Waals surface area contributed by atoms with Crippen molar-refractivity contribution >= 4 is 5.78 Å². The third kappa shape index (κ3) is 3.15.